The number of hydrogen-bond acceptors (Lipinski definition) is 3. The molecule has 0 aromatic heterocycles. The van der Waals surface area contributed by atoms with Crippen molar-refractivity contribution in [3.05, 3.63) is 33.8 Å². The highest BCUT2D eigenvalue weighted by atomic mass is 79.9. The van der Waals surface area contributed by atoms with Gasteiger partial charge < -0.3 is 4.74 Å². The van der Waals surface area contributed by atoms with Crippen LogP contribution >= 0.6 is 15.9 Å². The van der Waals surface area contributed by atoms with Gasteiger partial charge in [0, 0.05) is 17.6 Å². The van der Waals surface area contributed by atoms with Gasteiger partial charge in [0.25, 0.3) is 0 Å². The minimum atomic E-state index is -0.537. The zero-order valence-electron chi connectivity index (χ0n) is 10.8. The molecule has 19 heavy (non-hydrogen) atoms. The number of fused-ring (bicyclic) bond motifs is 1. The molecule has 100 valence electrons. The van der Waals surface area contributed by atoms with Crippen LogP contribution in [0.4, 0.5) is 0 Å². The molecule has 1 fully saturated rings. The van der Waals surface area contributed by atoms with E-state index in [2.05, 4.69) is 33.4 Å². The van der Waals surface area contributed by atoms with Crippen LogP contribution in [0.25, 0.3) is 0 Å². The quantitative estimate of drug-likeness (QED) is 0.931. The number of rotatable bonds is 3. The van der Waals surface area contributed by atoms with Crippen molar-refractivity contribution in [3.8, 4) is 6.07 Å². The van der Waals surface area contributed by atoms with Gasteiger partial charge in [-0.1, -0.05) is 28.1 Å². The summed E-state index contributed by atoms with van der Waals surface area (Å²) in [4.78, 5) is 0. The van der Waals surface area contributed by atoms with Gasteiger partial charge in [0.15, 0.2) is 0 Å². The summed E-state index contributed by atoms with van der Waals surface area (Å²) in [6.07, 6.45) is 4.28. The normalized spacial score (nSPS) is 29.2. The number of hydrogen-bond donors (Lipinski definition) is 1. The molecule has 1 saturated heterocycles. The predicted molar refractivity (Wildman–Crippen MR) is 76.7 cm³/mol. The van der Waals surface area contributed by atoms with Crippen LogP contribution < -0.4 is 5.32 Å². The molecule has 1 N–H and O–H groups in total. The molecule has 2 atom stereocenters. The molecule has 1 aliphatic heterocycles. The van der Waals surface area contributed by atoms with E-state index in [1.165, 1.54) is 5.56 Å². The van der Waals surface area contributed by atoms with E-state index in [1.807, 2.05) is 12.1 Å². The van der Waals surface area contributed by atoms with Crippen LogP contribution in [0.15, 0.2) is 22.7 Å². The standard InChI is InChI=1S/C15H17BrN2O/c16-14-5-1-4-13-12(14)6-7-15(13,10-17)18-9-11-3-2-8-19-11/h1,4-5,11,18H,2-3,6-9H2. The topological polar surface area (TPSA) is 45.0 Å². The first-order valence-electron chi connectivity index (χ1n) is 6.81. The van der Waals surface area contributed by atoms with E-state index in [4.69, 9.17) is 4.74 Å². The number of ether oxygens (including phenoxy) is 1. The summed E-state index contributed by atoms with van der Waals surface area (Å²) in [6, 6.07) is 8.62. The van der Waals surface area contributed by atoms with Crippen molar-refractivity contribution in [1.82, 2.24) is 5.32 Å². The molecule has 0 amide bonds. The van der Waals surface area contributed by atoms with Crippen molar-refractivity contribution in [2.24, 2.45) is 0 Å². The molecule has 1 heterocycles. The summed E-state index contributed by atoms with van der Waals surface area (Å²) in [7, 11) is 0. The van der Waals surface area contributed by atoms with Gasteiger partial charge in [0.1, 0.15) is 5.54 Å². The first-order valence-corrected chi connectivity index (χ1v) is 7.60. The van der Waals surface area contributed by atoms with E-state index in [0.717, 1.165) is 48.9 Å². The summed E-state index contributed by atoms with van der Waals surface area (Å²) in [6.45, 7) is 1.62. The summed E-state index contributed by atoms with van der Waals surface area (Å²) < 4.78 is 6.74. The van der Waals surface area contributed by atoms with E-state index in [-0.39, 0.29) is 6.10 Å². The number of nitrogens with one attached hydrogen (secondary N) is 1. The van der Waals surface area contributed by atoms with Crippen LogP contribution in [0.1, 0.15) is 30.4 Å². The first kappa shape index (κ1) is 13.1. The van der Waals surface area contributed by atoms with Crippen LogP contribution in [0, 0.1) is 11.3 Å². The predicted octanol–water partition coefficient (Wildman–Crippen LogP) is 2.88. The maximum Gasteiger partial charge on any atom is 0.132 e. The van der Waals surface area contributed by atoms with Crippen molar-refractivity contribution < 1.29 is 4.74 Å². The average molecular weight is 321 g/mol. The van der Waals surface area contributed by atoms with Crippen LogP contribution in [0.2, 0.25) is 0 Å². The van der Waals surface area contributed by atoms with Crippen LogP contribution in [0.3, 0.4) is 0 Å². The molecule has 0 radical (unpaired) electrons. The Kier molecular flexibility index (Phi) is 3.62. The highest BCUT2D eigenvalue weighted by Crippen LogP contribution is 2.39. The molecule has 1 aromatic rings. The maximum atomic E-state index is 9.66. The number of nitrogens with zero attached hydrogens (tertiary/aromatic N) is 1. The third-order valence-electron chi connectivity index (χ3n) is 4.18. The Morgan fingerprint density at radius 1 is 1.53 bits per heavy atom. The van der Waals surface area contributed by atoms with Gasteiger partial charge in [0.05, 0.1) is 12.2 Å². The van der Waals surface area contributed by atoms with Crippen molar-refractivity contribution >= 4 is 15.9 Å². The zero-order valence-corrected chi connectivity index (χ0v) is 12.4. The third-order valence-corrected chi connectivity index (χ3v) is 4.92. The Morgan fingerprint density at radius 3 is 3.16 bits per heavy atom. The van der Waals surface area contributed by atoms with Crippen LogP contribution in [0.5, 0.6) is 0 Å². The Balaban J connectivity index is 1.82. The molecule has 3 nitrogen and oxygen atoms in total. The Labute approximate surface area is 122 Å². The monoisotopic (exact) mass is 320 g/mol. The molecule has 1 aromatic carbocycles. The largest absolute Gasteiger partial charge is 0.377 e. The van der Waals surface area contributed by atoms with Crippen molar-refractivity contribution in [3.63, 3.8) is 0 Å². The first-order chi connectivity index (χ1) is 9.25. The van der Waals surface area contributed by atoms with Crippen molar-refractivity contribution in [2.45, 2.75) is 37.3 Å². The van der Waals surface area contributed by atoms with Gasteiger partial charge >= 0.3 is 0 Å². The van der Waals surface area contributed by atoms with Gasteiger partial charge in [-0.3, -0.25) is 5.32 Å². The fraction of sp³-hybridized carbons (Fsp3) is 0.533. The van der Waals surface area contributed by atoms with E-state index >= 15 is 0 Å². The highest BCUT2D eigenvalue weighted by Gasteiger charge is 2.40. The van der Waals surface area contributed by atoms with E-state index in [0.29, 0.717) is 0 Å². The number of nitriles is 1. The minimum Gasteiger partial charge on any atom is -0.377 e. The van der Waals surface area contributed by atoms with Gasteiger partial charge in [-0.25, -0.2) is 0 Å². The average Bonchev–Trinajstić information content (AvgIpc) is 3.05. The van der Waals surface area contributed by atoms with Gasteiger partial charge in [-0.2, -0.15) is 5.26 Å². The SMILES string of the molecule is N#CC1(NCC2CCCO2)CCc2c(Br)cccc21. The molecule has 0 spiro atoms. The fourth-order valence-corrected chi connectivity index (χ4v) is 3.66. The lowest BCUT2D eigenvalue weighted by atomic mass is 9.93. The summed E-state index contributed by atoms with van der Waals surface area (Å²) >= 11 is 3.58. The maximum absolute atomic E-state index is 9.66. The molecule has 4 heteroatoms. The molecule has 3 rings (SSSR count). The molecule has 1 aliphatic carbocycles. The lowest BCUT2D eigenvalue weighted by Gasteiger charge is -2.25. The lowest BCUT2D eigenvalue weighted by molar-refractivity contribution is 0.104. The molecule has 0 bridgehead atoms. The number of halogens is 1. The summed E-state index contributed by atoms with van der Waals surface area (Å²) in [5.74, 6) is 0. The molecular formula is C15H17BrN2O. The van der Waals surface area contributed by atoms with Crippen LogP contribution in [-0.4, -0.2) is 19.3 Å². The minimum absolute atomic E-state index is 0.265. The zero-order chi connectivity index (χ0) is 13.3. The van der Waals surface area contributed by atoms with E-state index in [9.17, 15) is 5.26 Å². The van der Waals surface area contributed by atoms with Crippen molar-refractivity contribution in [1.29, 1.82) is 5.26 Å². The second-order valence-corrected chi connectivity index (χ2v) is 6.15. The van der Waals surface area contributed by atoms with Crippen molar-refractivity contribution in [2.75, 3.05) is 13.2 Å². The summed E-state index contributed by atoms with van der Waals surface area (Å²) in [5, 5.41) is 13.1. The van der Waals surface area contributed by atoms with E-state index in [1.54, 1.807) is 0 Å². The Hall–Kier alpha value is -0.890. The third kappa shape index (κ3) is 2.31. The fourth-order valence-electron chi connectivity index (χ4n) is 3.09. The smallest absolute Gasteiger partial charge is 0.132 e. The number of benzene rings is 1. The molecular weight excluding hydrogens is 304 g/mol. The highest BCUT2D eigenvalue weighted by molar-refractivity contribution is 9.10. The van der Waals surface area contributed by atoms with E-state index < -0.39 is 5.54 Å². The lowest BCUT2D eigenvalue weighted by Crippen LogP contribution is -2.43. The Bertz CT molecular complexity index is 519. The summed E-state index contributed by atoms with van der Waals surface area (Å²) in [5.41, 5.74) is 1.86. The second-order valence-electron chi connectivity index (χ2n) is 5.30. The van der Waals surface area contributed by atoms with Gasteiger partial charge in [-0.05, 0) is 42.9 Å². The molecule has 2 unspecified atom stereocenters. The van der Waals surface area contributed by atoms with Gasteiger partial charge in [-0.15, -0.1) is 0 Å². The van der Waals surface area contributed by atoms with Gasteiger partial charge in [0.2, 0.25) is 0 Å². The second kappa shape index (κ2) is 5.24. The Morgan fingerprint density at radius 2 is 2.42 bits per heavy atom. The van der Waals surface area contributed by atoms with Crippen LogP contribution in [-0.2, 0) is 16.7 Å². The molecule has 0 saturated carbocycles. The molecule has 2 aliphatic rings.